The van der Waals surface area contributed by atoms with E-state index in [4.69, 9.17) is 4.99 Å². The first-order valence-corrected chi connectivity index (χ1v) is 29.8. The Morgan fingerprint density at radius 3 is 0.653 bits per heavy atom. The zero-order chi connectivity index (χ0) is 76.7. The van der Waals surface area contributed by atoms with Crippen LogP contribution in [0.5, 0.6) is 0 Å². The number of halogens is 30. The van der Waals surface area contributed by atoms with Crippen LogP contribution in [-0.2, 0) is 0 Å². The van der Waals surface area contributed by atoms with E-state index in [1.807, 2.05) is 0 Å². The van der Waals surface area contributed by atoms with Gasteiger partial charge in [-0.15, -0.1) is 0 Å². The molecule has 1 N–H and O–H groups in total. The Morgan fingerprint density at radius 2 is 0.475 bits per heavy atom. The Bertz CT molecular complexity index is 4010. The number of nitrogens with zero attached hydrogens (tertiary/aromatic N) is 2. The molecule has 0 saturated carbocycles. The van der Waals surface area contributed by atoms with Crippen molar-refractivity contribution in [1.82, 2.24) is 0 Å². The van der Waals surface area contributed by atoms with E-state index < -0.39 is 220 Å². The Hall–Kier alpha value is -8.50. The summed E-state index contributed by atoms with van der Waals surface area (Å²) in [6, 6.07) is 13.3. The van der Waals surface area contributed by atoms with Gasteiger partial charge in [0, 0.05) is 0 Å². The standard InChI is InChI=1S/C36HB2F30O.C29H41GeN2/c39-7-1(8(40)20(52)31(63)19(7)51)37(2-9(41)21(53)32(64)22(54)10(2)42,3-11(43)23(55)33(65)24(56)12(3)44)69-38(4-13(45)25(57)34(66)26(58)14(4)46,5-15(47)27(59)35(67)28(60)16(5)48)6-17(49)29(61)36(68)30(62)18(6)50;1-18(2)24-13-11-14-25(19(3)4)28(24)31-22(9)17-23(10)32(30)29-26(20(5)6)15-12-16-27(29)21(7)8/h69H;11-21H,1-10H3/q-1;/b;23-17-,31-22?. The van der Waals surface area contributed by atoms with E-state index in [2.05, 4.69) is 137 Å². The van der Waals surface area contributed by atoms with Gasteiger partial charge >= 0.3 is 219 Å². The van der Waals surface area contributed by atoms with Gasteiger partial charge in [0.25, 0.3) is 0 Å². The van der Waals surface area contributed by atoms with Crippen molar-refractivity contribution >= 4 is 79.3 Å². The normalized spacial score (nSPS) is 12.5. The van der Waals surface area contributed by atoms with Gasteiger partial charge in [0.2, 0.25) is 0 Å². The largest absolute Gasteiger partial charge is 0.921 e. The van der Waals surface area contributed by atoms with Crippen LogP contribution in [0.2, 0.25) is 0 Å². The molecule has 8 aromatic carbocycles. The maximum Gasteiger partial charge on any atom is 0.345 e. The molecule has 0 heterocycles. The van der Waals surface area contributed by atoms with Gasteiger partial charge in [-0.3, -0.25) is 0 Å². The molecule has 0 spiro atoms. The van der Waals surface area contributed by atoms with Crippen LogP contribution < -0.4 is 36.6 Å². The van der Waals surface area contributed by atoms with Gasteiger partial charge in [0.1, 0.15) is 69.8 Å². The van der Waals surface area contributed by atoms with Crippen molar-refractivity contribution in [2.45, 2.75) is 92.9 Å². The second-order valence-corrected chi connectivity index (χ2v) is 24.7. The van der Waals surface area contributed by atoms with Gasteiger partial charge in [0.15, 0.2) is 105 Å². The molecule has 0 aliphatic rings. The number of rotatable bonds is 16. The van der Waals surface area contributed by atoms with Gasteiger partial charge in [0.05, 0.1) is 0 Å². The summed E-state index contributed by atoms with van der Waals surface area (Å²) in [5.41, 5.74) is -15.7. The quantitative estimate of drug-likeness (QED) is 0.0237. The maximum absolute atomic E-state index is 16.4. The molecule has 101 heavy (non-hydrogen) atoms. The number of benzene rings is 8. The average molecular weight is 1530 g/mol. The van der Waals surface area contributed by atoms with Crippen molar-refractivity contribution in [3.63, 3.8) is 0 Å². The monoisotopic (exact) mass is 1530 g/mol. The first kappa shape index (κ1) is 79.8. The fourth-order valence-corrected chi connectivity index (χ4v) is 12.4. The second kappa shape index (κ2) is 29.5. The summed E-state index contributed by atoms with van der Waals surface area (Å²) >= 11 is 2.19. The molecule has 8 rings (SSSR count). The van der Waals surface area contributed by atoms with Crippen LogP contribution in [-0.4, -0.2) is 39.7 Å². The van der Waals surface area contributed by atoms with Gasteiger partial charge in [-0.1, -0.05) is 0 Å². The average Bonchev–Trinajstić information content (AvgIpc) is 0.676. The Kier molecular flexibility index (Phi) is 23.3. The van der Waals surface area contributed by atoms with Crippen molar-refractivity contribution in [2.75, 3.05) is 3.86 Å². The SMILES string of the molecule is CC(/C=C(/C)[N]([Ge])c1c(C(C)C)cccc1C(C)C)=Nc1c(C(C)C)cccc1C(C)C.Fc1c(F)c(F)c([B-]([OH+][B-](c2c(F)c(F)c(F)c(F)c2F)(c2c(F)c(F)c(F)c(F)c2F)c2c(F)c(F)c(F)c(F)c2F)(c2c(F)c(F)c(F)c(F)c2F)c2c(F)c(F)c(F)c(F)c2F)c(F)c1F. The predicted molar refractivity (Wildman–Crippen MR) is 313 cm³/mol. The van der Waals surface area contributed by atoms with Crippen LogP contribution in [0.15, 0.2) is 53.2 Å². The molecule has 0 amide bonds. The summed E-state index contributed by atoms with van der Waals surface area (Å²) < 4.78 is 473. The van der Waals surface area contributed by atoms with E-state index in [1.165, 1.54) is 33.6 Å². The van der Waals surface area contributed by atoms with Gasteiger partial charge in [-0.2, -0.15) is 0 Å². The minimum atomic E-state index is -8.45. The molecule has 0 aromatic heterocycles. The zero-order valence-electron chi connectivity index (χ0n) is 52.7. The van der Waals surface area contributed by atoms with Crippen molar-refractivity contribution in [2.24, 2.45) is 4.99 Å². The Morgan fingerprint density at radius 1 is 0.307 bits per heavy atom. The number of anilines is 1. The van der Waals surface area contributed by atoms with Crippen LogP contribution in [0, 0.1) is 175 Å². The molecule has 0 atom stereocenters. The molecule has 0 aliphatic heterocycles. The molecule has 0 bridgehead atoms. The summed E-state index contributed by atoms with van der Waals surface area (Å²) in [5, 5.41) is 0. The maximum atomic E-state index is 16.4. The second-order valence-electron chi connectivity index (χ2n) is 23.8. The predicted octanol–water partition coefficient (Wildman–Crippen LogP) is 16.8. The third kappa shape index (κ3) is 13.0. The number of aliphatic imine (C=N–C) groups is 1. The molecule has 0 aliphatic carbocycles. The summed E-state index contributed by atoms with van der Waals surface area (Å²) in [4.78, 5) is 5.15. The van der Waals surface area contributed by atoms with Crippen LogP contribution in [0.4, 0.5) is 143 Å². The molecule has 3 nitrogen and oxygen atoms in total. The molecule has 0 fully saturated rings. The fourth-order valence-electron chi connectivity index (χ4n) is 11.7. The molecule has 8 aromatic rings. The summed E-state index contributed by atoms with van der Waals surface area (Å²) in [6.45, 7) is 22.4. The first-order valence-electron chi connectivity index (χ1n) is 28.9. The number of hydrogen-bond donors (Lipinski definition) is 0. The van der Waals surface area contributed by atoms with E-state index in [-0.39, 0.29) is 0 Å². The van der Waals surface area contributed by atoms with Crippen molar-refractivity contribution < 1.29 is 136 Å². The third-order valence-corrected chi connectivity index (χ3v) is 17.6. The van der Waals surface area contributed by atoms with Gasteiger partial charge in [-0.25, -0.2) is 132 Å². The van der Waals surface area contributed by atoms with E-state index >= 15 is 105 Å². The van der Waals surface area contributed by atoms with Crippen molar-refractivity contribution in [1.29, 1.82) is 0 Å². The van der Waals surface area contributed by atoms with Crippen LogP contribution in [0.1, 0.15) is 115 Å². The Balaban J connectivity index is 0.000000373. The summed E-state index contributed by atoms with van der Waals surface area (Å²) in [5.74, 6) is -121. The van der Waals surface area contributed by atoms with Crippen LogP contribution >= 0.6 is 0 Å². The minimum Gasteiger partial charge on any atom is -0.921 e. The first-order chi connectivity index (χ1) is 46.7. The molecular formula is C65H42B2F30GeN2O-. The molecule has 3 radical (unpaired) electrons. The number of allylic oxidation sites excluding steroid dienone is 2. The zero-order valence-corrected chi connectivity index (χ0v) is 54.8. The minimum absolute atomic E-state index is 0.444. The van der Waals surface area contributed by atoms with E-state index in [0.29, 0.717) is 23.7 Å². The number of para-hydroxylation sites is 2. The third-order valence-electron chi connectivity index (χ3n) is 16.4. The molecule has 539 valence electrons. The molecule has 0 saturated heterocycles. The molecule has 0 unspecified atom stereocenters. The van der Waals surface area contributed by atoms with Crippen LogP contribution in [0.3, 0.4) is 0 Å². The summed E-state index contributed by atoms with van der Waals surface area (Å²) in [7, 11) is 0. The topological polar surface area (TPSA) is 28.4 Å². The molecular weight excluding hydrogens is 1490 g/mol. The Labute approximate surface area is 560 Å². The van der Waals surface area contributed by atoms with Crippen LogP contribution in [0.25, 0.3) is 0 Å². The van der Waals surface area contributed by atoms with E-state index in [1.54, 1.807) is 0 Å². The fraction of sp³-hybridized carbons (Fsp3) is 0.215. The van der Waals surface area contributed by atoms with E-state index in [9.17, 15) is 26.3 Å². The smallest absolute Gasteiger partial charge is 0.345 e. The molecule has 36 heteroatoms. The van der Waals surface area contributed by atoms with E-state index in [0.717, 1.165) is 11.4 Å². The van der Waals surface area contributed by atoms with Crippen molar-refractivity contribution in [3.05, 3.63) is 245 Å². The van der Waals surface area contributed by atoms with Crippen molar-refractivity contribution in [3.8, 4) is 0 Å². The number of hydrogen-bond acceptors (Lipinski definition) is 2. The van der Waals surface area contributed by atoms with Gasteiger partial charge in [-0.05, 0) is 32.8 Å². The summed E-state index contributed by atoms with van der Waals surface area (Å²) in [6.07, 6.45) is -14.7. The van der Waals surface area contributed by atoms with Gasteiger partial charge < -0.3 is 4.57 Å².